The van der Waals surface area contributed by atoms with E-state index in [1.807, 2.05) is 6.20 Å². The Labute approximate surface area is 134 Å². The van der Waals surface area contributed by atoms with Gasteiger partial charge in [-0.05, 0) is 31.2 Å². The second-order valence-electron chi connectivity index (χ2n) is 4.60. The van der Waals surface area contributed by atoms with Gasteiger partial charge >= 0.3 is 0 Å². The lowest BCUT2D eigenvalue weighted by Crippen LogP contribution is -2.14. The summed E-state index contributed by atoms with van der Waals surface area (Å²) in [7, 11) is 0. The molecule has 0 fully saturated rings. The molecule has 0 radical (unpaired) electrons. The third kappa shape index (κ3) is 5.53. The van der Waals surface area contributed by atoms with Crippen molar-refractivity contribution in [3.05, 3.63) is 40.1 Å². The highest BCUT2D eigenvalue weighted by Gasteiger charge is 2.02. The van der Waals surface area contributed by atoms with Crippen LogP contribution in [-0.4, -0.2) is 28.1 Å². The maximum absolute atomic E-state index is 5.91. The Morgan fingerprint density at radius 3 is 2.71 bits per heavy atom. The summed E-state index contributed by atoms with van der Waals surface area (Å²) in [6.45, 7) is 4.93. The van der Waals surface area contributed by atoms with Crippen LogP contribution < -0.4 is 10.1 Å². The standard InChI is InChI=1S/C14H18Cl2N4O/c1-2-3-17-9-13-10-20(19-18-13)4-5-21-14-7-11(15)6-12(16)8-14/h6-8,10,17H,2-5,9H2,1H3. The van der Waals surface area contributed by atoms with Gasteiger partial charge in [-0.25, -0.2) is 4.68 Å². The largest absolute Gasteiger partial charge is 0.492 e. The predicted molar refractivity (Wildman–Crippen MR) is 84.0 cm³/mol. The molecule has 0 bridgehead atoms. The van der Waals surface area contributed by atoms with Crippen molar-refractivity contribution in [2.75, 3.05) is 13.2 Å². The highest BCUT2D eigenvalue weighted by molar-refractivity contribution is 6.34. The number of benzene rings is 1. The highest BCUT2D eigenvalue weighted by Crippen LogP contribution is 2.24. The summed E-state index contributed by atoms with van der Waals surface area (Å²) in [6, 6.07) is 5.13. The molecule has 0 saturated carbocycles. The van der Waals surface area contributed by atoms with Gasteiger partial charge in [-0.1, -0.05) is 35.3 Å². The summed E-state index contributed by atoms with van der Waals surface area (Å²) in [5, 5.41) is 12.5. The summed E-state index contributed by atoms with van der Waals surface area (Å²) in [4.78, 5) is 0. The molecule has 0 saturated heterocycles. The van der Waals surface area contributed by atoms with Crippen molar-refractivity contribution in [2.24, 2.45) is 0 Å². The van der Waals surface area contributed by atoms with Gasteiger partial charge < -0.3 is 10.1 Å². The molecule has 0 unspecified atom stereocenters. The zero-order chi connectivity index (χ0) is 15.1. The van der Waals surface area contributed by atoms with E-state index in [0.717, 1.165) is 25.2 Å². The van der Waals surface area contributed by atoms with Gasteiger partial charge in [0.15, 0.2) is 0 Å². The molecular formula is C14H18Cl2N4O. The molecule has 0 amide bonds. The van der Waals surface area contributed by atoms with Crippen LogP contribution in [0.15, 0.2) is 24.4 Å². The lowest BCUT2D eigenvalue weighted by atomic mass is 10.3. The first-order chi connectivity index (χ1) is 10.2. The van der Waals surface area contributed by atoms with Crippen LogP contribution in [0, 0.1) is 0 Å². The van der Waals surface area contributed by atoms with E-state index >= 15 is 0 Å². The molecule has 0 atom stereocenters. The van der Waals surface area contributed by atoms with Crippen LogP contribution in [0.4, 0.5) is 0 Å². The number of nitrogens with one attached hydrogen (secondary N) is 1. The average Bonchev–Trinajstić information content (AvgIpc) is 2.86. The smallest absolute Gasteiger partial charge is 0.122 e. The minimum absolute atomic E-state index is 0.474. The fraction of sp³-hybridized carbons (Fsp3) is 0.429. The Balaban J connectivity index is 1.78. The van der Waals surface area contributed by atoms with Crippen molar-refractivity contribution in [2.45, 2.75) is 26.4 Å². The Kier molecular flexibility index (Phi) is 6.29. The molecular weight excluding hydrogens is 311 g/mol. The number of ether oxygens (including phenoxy) is 1. The average molecular weight is 329 g/mol. The van der Waals surface area contributed by atoms with E-state index in [2.05, 4.69) is 22.6 Å². The lowest BCUT2D eigenvalue weighted by Gasteiger charge is -2.06. The van der Waals surface area contributed by atoms with E-state index < -0.39 is 0 Å². The van der Waals surface area contributed by atoms with Crippen LogP contribution in [0.5, 0.6) is 5.75 Å². The molecule has 2 aromatic rings. The van der Waals surface area contributed by atoms with E-state index in [1.54, 1.807) is 22.9 Å². The Bertz CT molecular complexity index is 554. The van der Waals surface area contributed by atoms with Crippen molar-refractivity contribution in [3.63, 3.8) is 0 Å². The van der Waals surface area contributed by atoms with Crippen molar-refractivity contribution in [1.82, 2.24) is 20.3 Å². The zero-order valence-corrected chi connectivity index (χ0v) is 13.4. The van der Waals surface area contributed by atoms with Gasteiger partial charge in [-0.2, -0.15) is 0 Å². The molecule has 21 heavy (non-hydrogen) atoms. The SMILES string of the molecule is CCCNCc1cn(CCOc2cc(Cl)cc(Cl)c2)nn1. The zero-order valence-electron chi connectivity index (χ0n) is 11.9. The summed E-state index contributed by atoms with van der Waals surface area (Å²) < 4.78 is 7.37. The number of halogens is 2. The van der Waals surface area contributed by atoms with Crippen molar-refractivity contribution in [1.29, 1.82) is 0 Å². The van der Waals surface area contributed by atoms with E-state index in [0.29, 0.717) is 28.9 Å². The Hall–Kier alpha value is -1.30. The minimum Gasteiger partial charge on any atom is -0.492 e. The van der Waals surface area contributed by atoms with Crippen LogP contribution >= 0.6 is 23.2 Å². The summed E-state index contributed by atoms with van der Waals surface area (Å²) in [5.74, 6) is 0.650. The number of rotatable bonds is 8. The van der Waals surface area contributed by atoms with Crippen molar-refractivity contribution >= 4 is 23.2 Å². The van der Waals surface area contributed by atoms with Gasteiger partial charge in [-0.15, -0.1) is 5.10 Å². The molecule has 0 aliphatic carbocycles. The fourth-order valence-electron chi connectivity index (χ4n) is 1.79. The second-order valence-corrected chi connectivity index (χ2v) is 5.48. The second kappa shape index (κ2) is 8.22. The quantitative estimate of drug-likeness (QED) is 0.756. The normalized spacial score (nSPS) is 10.8. The number of hydrogen-bond acceptors (Lipinski definition) is 4. The number of hydrogen-bond donors (Lipinski definition) is 1. The van der Waals surface area contributed by atoms with Crippen LogP contribution in [0.2, 0.25) is 10.0 Å². The first-order valence-corrected chi connectivity index (χ1v) is 7.61. The first kappa shape index (κ1) is 16.1. The topological polar surface area (TPSA) is 52.0 Å². The molecule has 2 rings (SSSR count). The van der Waals surface area contributed by atoms with Crippen molar-refractivity contribution in [3.8, 4) is 5.75 Å². The number of aromatic nitrogens is 3. The maximum atomic E-state index is 5.91. The maximum Gasteiger partial charge on any atom is 0.122 e. The molecule has 0 spiro atoms. The van der Waals surface area contributed by atoms with E-state index in [4.69, 9.17) is 27.9 Å². The molecule has 1 aromatic carbocycles. The van der Waals surface area contributed by atoms with E-state index in [1.165, 1.54) is 0 Å². The summed E-state index contributed by atoms with van der Waals surface area (Å²) in [6.07, 6.45) is 3.02. The molecule has 5 nitrogen and oxygen atoms in total. The molecule has 1 aromatic heterocycles. The van der Waals surface area contributed by atoms with E-state index in [9.17, 15) is 0 Å². The minimum atomic E-state index is 0.474. The summed E-state index contributed by atoms with van der Waals surface area (Å²) in [5.41, 5.74) is 0.925. The lowest BCUT2D eigenvalue weighted by molar-refractivity contribution is 0.290. The Morgan fingerprint density at radius 2 is 2.00 bits per heavy atom. The van der Waals surface area contributed by atoms with Gasteiger partial charge in [0.1, 0.15) is 12.4 Å². The molecule has 0 aliphatic heterocycles. The highest BCUT2D eigenvalue weighted by atomic mass is 35.5. The monoisotopic (exact) mass is 328 g/mol. The first-order valence-electron chi connectivity index (χ1n) is 6.86. The Morgan fingerprint density at radius 1 is 1.24 bits per heavy atom. The van der Waals surface area contributed by atoms with E-state index in [-0.39, 0.29) is 0 Å². The van der Waals surface area contributed by atoms with Gasteiger partial charge in [0.25, 0.3) is 0 Å². The molecule has 114 valence electrons. The third-order valence-corrected chi connectivity index (χ3v) is 3.18. The van der Waals surface area contributed by atoms with Gasteiger partial charge in [0.2, 0.25) is 0 Å². The summed E-state index contributed by atoms with van der Waals surface area (Å²) >= 11 is 11.8. The van der Waals surface area contributed by atoms with Crippen LogP contribution in [0.1, 0.15) is 19.0 Å². The van der Waals surface area contributed by atoms with Crippen LogP contribution in [0.3, 0.4) is 0 Å². The molecule has 0 aliphatic rings. The predicted octanol–water partition coefficient (Wildman–Crippen LogP) is 3.16. The molecule has 1 N–H and O–H groups in total. The van der Waals surface area contributed by atoms with Crippen LogP contribution in [-0.2, 0) is 13.1 Å². The van der Waals surface area contributed by atoms with Gasteiger partial charge in [-0.3, -0.25) is 0 Å². The van der Waals surface area contributed by atoms with Crippen LogP contribution in [0.25, 0.3) is 0 Å². The molecule has 1 heterocycles. The number of nitrogens with zero attached hydrogens (tertiary/aromatic N) is 3. The van der Waals surface area contributed by atoms with Crippen molar-refractivity contribution < 1.29 is 4.74 Å². The fourth-order valence-corrected chi connectivity index (χ4v) is 2.30. The third-order valence-electron chi connectivity index (χ3n) is 2.74. The van der Waals surface area contributed by atoms with Gasteiger partial charge in [0.05, 0.1) is 12.2 Å². The molecule has 7 heteroatoms. The van der Waals surface area contributed by atoms with Gasteiger partial charge in [0, 0.05) is 22.8 Å².